The highest BCUT2D eigenvalue weighted by Crippen LogP contribution is 2.44. The van der Waals surface area contributed by atoms with Crippen LogP contribution in [0.3, 0.4) is 0 Å². The first kappa shape index (κ1) is 39.4. The lowest BCUT2D eigenvalue weighted by atomic mass is 9.98. The Labute approximate surface area is 292 Å². The van der Waals surface area contributed by atoms with Crippen LogP contribution in [0.2, 0.25) is 0 Å². The number of hydrogen-bond acceptors (Lipinski definition) is 10. The van der Waals surface area contributed by atoms with Gasteiger partial charge in [-0.25, -0.2) is 4.79 Å². The molecular formula is C33H41N7O11. The molecule has 3 rings (SSSR count). The number of ether oxygens (including phenoxy) is 1. The van der Waals surface area contributed by atoms with Crippen LogP contribution in [0.5, 0.6) is 0 Å². The largest absolute Gasteiger partial charge is 0.481 e. The van der Waals surface area contributed by atoms with Crippen LogP contribution < -0.4 is 37.6 Å². The Balaban J connectivity index is 1.43. The standard InChI is InChI=1S/C33H41N7O11/c34-12-6-5-11-24(40-33(50)51-18-23-21-9-3-1-7-19(21)20-8-2-4-10-22(20)23)31(48)37-15-27(42)35-14-26(41)36-16-28(43)39-25(13-29(44)45)32(49)38-17-30(46)47/h1-4,7-10,23-25H,5-6,11-18,34H2,(H,35,42)(H,36,41)(H,37,48)(H,38,49)(H,39,43)(H,40,50)(H,44,45)(H,46,47). The number of rotatable bonds is 20. The molecule has 18 nitrogen and oxygen atoms in total. The summed E-state index contributed by atoms with van der Waals surface area (Å²) in [7, 11) is 0. The van der Waals surface area contributed by atoms with Crippen molar-refractivity contribution in [2.75, 3.05) is 39.3 Å². The van der Waals surface area contributed by atoms with Gasteiger partial charge in [0, 0.05) is 5.92 Å². The number of amides is 6. The molecule has 18 heteroatoms. The second-order valence-corrected chi connectivity index (χ2v) is 11.4. The number of alkyl carbamates (subject to hydrolysis) is 1. The van der Waals surface area contributed by atoms with Gasteiger partial charge in [-0.3, -0.25) is 33.6 Å². The molecule has 0 aliphatic heterocycles. The molecule has 0 spiro atoms. The van der Waals surface area contributed by atoms with Crippen molar-refractivity contribution in [3.8, 4) is 11.1 Å². The van der Waals surface area contributed by atoms with Gasteiger partial charge >= 0.3 is 18.0 Å². The minimum atomic E-state index is -1.60. The van der Waals surface area contributed by atoms with Crippen molar-refractivity contribution in [1.82, 2.24) is 31.9 Å². The van der Waals surface area contributed by atoms with Gasteiger partial charge in [0.1, 0.15) is 25.2 Å². The van der Waals surface area contributed by atoms with Crippen LogP contribution in [0.25, 0.3) is 11.1 Å². The summed E-state index contributed by atoms with van der Waals surface area (Å²) in [6, 6.07) is 13.0. The average molecular weight is 712 g/mol. The second kappa shape index (κ2) is 19.8. The first-order valence-corrected chi connectivity index (χ1v) is 16.0. The molecule has 2 unspecified atom stereocenters. The number of carbonyl (C=O) groups is 8. The van der Waals surface area contributed by atoms with Gasteiger partial charge in [-0.1, -0.05) is 48.5 Å². The summed E-state index contributed by atoms with van der Waals surface area (Å²) in [5, 5.41) is 31.0. The topological polar surface area (TPSA) is 284 Å². The first-order chi connectivity index (χ1) is 24.4. The minimum absolute atomic E-state index is 0.0359. The molecule has 0 aromatic heterocycles. The summed E-state index contributed by atoms with van der Waals surface area (Å²) >= 11 is 0. The van der Waals surface area contributed by atoms with Crippen molar-refractivity contribution in [2.45, 2.75) is 43.7 Å². The van der Waals surface area contributed by atoms with Gasteiger partial charge in [0.25, 0.3) is 0 Å². The molecule has 0 heterocycles. The van der Waals surface area contributed by atoms with Gasteiger partial charge in [-0.2, -0.15) is 0 Å². The van der Waals surface area contributed by atoms with Crippen LogP contribution in [0.15, 0.2) is 48.5 Å². The summed E-state index contributed by atoms with van der Waals surface area (Å²) in [5.74, 6) is -7.28. The summed E-state index contributed by atoms with van der Waals surface area (Å²) in [6.07, 6.45) is -0.356. The van der Waals surface area contributed by atoms with Crippen LogP contribution in [-0.4, -0.2) is 109 Å². The molecule has 51 heavy (non-hydrogen) atoms. The number of unbranched alkanes of at least 4 members (excludes halogenated alkanes) is 1. The molecule has 2 atom stereocenters. The Hall–Kier alpha value is -6.04. The summed E-state index contributed by atoms with van der Waals surface area (Å²) in [5.41, 5.74) is 9.74. The van der Waals surface area contributed by atoms with Crippen LogP contribution in [-0.2, 0) is 38.3 Å². The summed E-state index contributed by atoms with van der Waals surface area (Å²) < 4.78 is 5.55. The Kier molecular flexibility index (Phi) is 15.3. The molecule has 0 saturated heterocycles. The number of fused-ring (bicyclic) bond motifs is 3. The molecule has 10 N–H and O–H groups in total. The fourth-order valence-corrected chi connectivity index (χ4v) is 5.23. The number of carboxylic acid groups (broad SMARTS) is 2. The van der Waals surface area contributed by atoms with Gasteiger partial charge in [-0.15, -0.1) is 0 Å². The zero-order chi connectivity index (χ0) is 37.3. The van der Waals surface area contributed by atoms with E-state index in [1.165, 1.54) is 0 Å². The predicted molar refractivity (Wildman–Crippen MR) is 179 cm³/mol. The lowest BCUT2D eigenvalue weighted by molar-refractivity contribution is -0.141. The molecule has 2 aromatic carbocycles. The number of aliphatic carboxylic acids is 2. The summed E-state index contributed by atoms with van der Waals surface area (Å²) in [6.45, 7) is -2.23. The van der Waals surface area contributed by atoms with E-state index < -0.39 is 92.3 Å². The van der Waals surface area contributed by atoms with Gasteiger partial charge in [0.2, 0.25) is 29.5 Å². The summed E-state index contributed by atoms with van der Waals surface area (Å²) in [4.78, 5) is 96.0. The van der Waals surface area contributed by atoms with Gasteiger partial charge in [-0.05, 0) is 48.1 Å². The van der Waals surface area contributed by atoms with E-state index in [1.807, 2.05) is 53.8 Å². The number of carboxylic acids is 2. The number of nitrogens with two attached hydrogens (primary N) is 1. The van der Waals surface area contributed by atoms with Crippen molar-refractivity contribution in [3.05, 3.63) is 59.7 Å². The molecule has 0 radical (unpaired) electrons. The average Bonchev–Trinajstić information content (AvgIpc) is 3.42. The smallest absolute Gasteiger partial charge is 0.407 e. The number of benzene rings is 2. The van der Waals surface area contributed by atoms with E-state index in [0.717, 1.165) is 22.3 Å². The molecule has 0 saturated carbocycles. The van der Waals surface area contributed by atoms with Gasteiger partial charge in [0.15, 0.2) is 0 Å². The van der Waals surface area contributed by atoms with Crippen molar-refractivity contribution in [3.63, 3.8) is 0 Å². The van der Waals surface area contributed by atoms with E-state index in [0.29, 0.717) is 19.4 Å². The molecule has 2 aromatic rings. The number of nitrogens with one attached hydrogen (secondary N) is 6. The maximum absolute atomic E-state index is 12.9. The quantitative estimate of drug-likeness (QED) is 0.0712. The number of hydrogen-bond donors (Lipinski definition) is 9. The highest BCUT2D eigenvalue weighted by Gasteiger charge is 2.30. The fraction of sp³-hybridized carbons (Fsp3) is 0.394. The molecule has 6 amide bonds. The van der Waals surface area contributed by atoms with Crippen LogP contribution in [0, 0.1) is 0 Å². The third kappa shape index (κ3) is 12.7. The van der Waals surface area contributed by atoms with E-state index in [4.69, 9.17) is 20.7 Å². The Morgan fingerprint density at radius 3 is 1.75 bits per heavy atom. The minimum Gasteiger partial charge on any atom is -0.481 e. The Morgan fingerprint density at radius 2 is 1.18 bits per heavy atom. The highest BCUT2D eigenvalue weighted by molar-refractivity contribution is 5.94. The first-order valence-electron chi connectivity index (χ1n) is 16.0. The predicted octanol–water partition coefficient (Wildman–Crippen LogP) is -1.47. The van der Waals surface area contributed by atoms with E-state index in [1.54, 1.807) is 0 Å². The van der Waals surface area contributed by atoms with E-state index in [2.05, 4.69) is 26.6 Å². The fourth-order valence-electron chi connectivity index (χ4n) is 5.23. The van der Waals surface area contributed by atoms with E-state index in [-0.39, 0.29) is 18.9 Å². The van der Waals surface area contributed by atoms with Gasteiger partial charge < -0.3 is 52.6 Å². The van der Waals surface area contributed by atoms with Crippen molar-refractivity contribution < 1.29 is 53.3 Å². The number of carbonyl (C=O) groups excluding carboxylic acids is 6. The van der Waals surface area contributed by atoms with Crippen LogP contribution >= 0.6 is 0 Å². The maximum Gasteiger partial charge on any atom is 0.407 e. The normalized spacial score (nSPS) is 12.6. The SMILES string of the molecule is NCCCCC(NC(=O)OCC1c2ccccc2-c2ccccc21)C(=O)NCC(=O)NCC(=O)NCC(=O)NC(CC(=O)O)C(=O)NCC(=O)O. The zero-order valence-corrected chi connectivity index (χ0v) is 27.6. The molecule has 274 valence electrons. The Morgan fingerprint density at radius 1 is 0.647 bits per heavy atom. The Bertz CT molecular complexity index is 1570. The highest BCUT2D eigenvalue weighted by atomic mass is 16.5. The molecular weight excluding hydrogens is 670 g/mol. The molecule has 0 bridgehead atoms. The second-order valence-electron chi connectivity index (χ2n) is 11.4. The van der Waals surface area contributed by atoms with E-state index >= 15 is 0 Å². The molecule has 1 aliphatic rings. The van der Waals surface area contributed by atoms with Crippen molar-refractivity contribution >= 4 is 47.6 Å². The van der Waals surface area contributed by atoms with Crippen LogP contribution in [0.4, 0.5) is 4.79 Å². The molecule has 0 fully saturated rings. The monoisotopic (exact) mass is 711 g/mol. The van der Waals surface area contributed by atoms with E-state index in [9.17, 15) is 38.4 Å². The van der Waals surface area contributed by atoms with Gasteiger partial charge in [0.05, 0.1) is 26.1 Å². The zero-order valence-electron chi connectivity index (χ0n) is 27.6. The molecule has 1 aliphatic carbocycles. The lowest BCUT2D eigenvalue weighted by Crippen LogP contribution is -2.52. The third-order valence-corrected chi connectivity index (χ3v) is 7.66. The lowest BCUT2D eigenvalue weighted by Gasteiger charge is -2.20. The third-order valence-electron chi connectivity index (χ3n) is 7.66. The van der Waals surface area contributed by atoms with Crippen LogP contribution in [0.1, 0.15) is 42.7 Å². The van der Waals surface area contributed by atoms with Crippen molar-refractivity contribution in [2.24, 2.45) is 5.73 Å². The maximum atomic E-state index is 12.9. The van der Waals surface area contributed by atoms with Crippen molar-refractivity contribution in [1.29, 1.82) is 0 Å².